The van der Waals surface area contributed by atoms with E-state index in [1.165, 1.54) is 11.3 Å². The Hall–Kier alpha value is -1.94. The number of hydrogen-bond donors (Lipinski definition) is 3. The fourth-order valence-corrected chi connectivity index (χ4v) is 1.79. The van der Waals surface area contributed by atoms with Gasteiger partial charge in [-0.3, -0.25) is 10.4 Å². The summed E-state index contributed by atoms with van der Waals surface area (Å²) in [7, 11) is 0. The van der Waals surface area contributed by atoms with E-state index in [9.17, 15) is 13.2 Å². The summed E-state index contributed by atoms with van der Waals surface area (Å²) < 4.78 is 37.8. The number of nitrogen functional groups attached to an aromatic ring is 1. The molecule has 0 amide bonds. The van der Waals surface area contributed by atoms with Crippen LogP contribution < -0.4 is 16.6 Å². The highest BCUT2D eigenvalue weighted by Crippen LogP contribution is 2.29. The van der Waals surface area contributed by atoms with Crippen molar-refractivity contribution in [2.45, 2.75) is 12.7 Å². The van der Waals surface area contributed by atoms with Crippen molar-refractivity contribution in [1.82, 2.24) is 15.0 Å². The molecule has 0 atom stereocenters. The summed E-state index contributed by atoms with van der Waals surface area (Å²) in [6.07, 6.45) is -2.94. The minimum atomic E-state index is -4.56. The van der Waals surface area contributed by atoms with Crippen LogP contribution >= 0.6 is 11.3 Å². The Morgan fingerprint density at radius 1 is 1.32 bits per heavy atom. The third-order valence-corrected chi connectivity index (χ3v) is 2.85. The van der Waals surface area contributed by atoms with Gasteiger partial charge in [-0.15, -0.1) is 11.3 Å². The molecule has 0 saturated carbocycles. The lowest BCUT2D eigenvalue weighted by atomic mass is 10.3. The molecular formula is C9H9F3N6S. The Kier molecular flexibility index (Phi) is 3.81. The van der Waals surface area contributed by atoms with Gasteiger partial charge in [0.05, 0.1) is 12.1 Å². The fraction of sp³-hybridized carbons (Fsp3) is 0.222. The molecule has 10 heteroatoms. The molecule has 6 nitrogen and oxygen atoms in total. The highest BCUT2D eigenvalue weighted by molar-refractivity contribution is 7.09. The Morgan fingerprint density at radius 3 is 2.68 bits per heavy atom. The van der Waals surface area contributed by atoms with Crippen molar-refractivity contribution in [2.24, 2.45) is 5.84 Å². The van der Waals surface area contributed by atoms with Gasteiger partial charge in [0.2, 0.25) is 5.95 Å². The molecule has 0 fully saturated rings. The maximum atomic E-state index is 12.6. The number of alkyl halides is 3. The van der Waals surface area contributed by atoms with E-state index in [-0.39, 0.29) is 11.8 Å². The highest BCUT2D eigenvalue weighted by Gasteiger charge is 2.33. The van der Waals surface area contributed by atoms with Crippen LogP contribution in [0, 0.1) is 0 Å². The SMILES string of the molecule is NNc1nc(NCc2cncs2)cc(C(F)(F)F)n1. The first-order valence-corrected chi connectivity index (χ1v) is 5.91. The molecular weight excluding hydrogens is 281 g/mol. The summed E-state index contributed by atoms with van der Waals surface area (Å²) in [6, 6.07) is 0.821. The van der Waals surface area contributed by atoms with E-state index >= 15 is 0 Å². The molecule has 102 valence electrons. The maximum absolute atomic E-state index is 12.6. The Labute approximate surface area is 109 Å². The van der Waals surface area contributed by atoms with E-state index in [0.29, 0.717) is 6.54 Å². The van der Waals surface area contributed by atoms with Gasteiger partial charge in [-0.05, 0) is 0 Å². The van der Waals surface area contributed by atoms with E-state index < -0.39 is 11.9 Å². The lowest BCUT2D eigenvalue weighted by Gasteiger charge is -2.10. The Morgan fingerprint density at radius 2 is 2.11 bits per heavy atom. The zero-order valence-corrected chi connectivity index (χ0v) is 10.2. The Bertz CT molecular complexity index is 541. The van der Waals surface area contributed by atoms with Crippen LogP contribution in [0.2, 0.25) is 0 Å². The van der Waals surface area contributed by atoms with Crippen LogP contribution in [0.15, 0.2) is 17.8 Å². The van der Waals surface area contributed by atoms with Gasteiger partial charge in [-0.1, -0.05) is 0 Å². The number of halogens is 3. The number of nitrogens with zero attached hydrogens (tertiary/aromatic N) is 3. The quantitative estimate of drug-likeness (QED) is 0.588. The molecule has 0 aliphatic rings. The lowest BCUT2D eigenvalue weighted by Crippen LogP contribution is -2.16. The molecule has 0 bridgehead atoms. The summed E-state index contributed by atoms with van der Waals surface area (Å²) in [5.41, 5.74) is 2.56. The van der Waals surface area contributed by atoms with Crippen molar-refractivity contribution in [3.8, 4) is 0 Å². The van der Waals surface area contributed by atoms with E-state index in [4.69, 9.17) is 5.84 Å². The predicted molar refractivity (Wildman–Crippen MR) is 64.3 cm³/mol. The first-order valence-electron chi connectivity index (χ1n) is 5.03. The molecule has 4 N–H and O–H groups in total. The molecule has 0 aromatic carbocycles. The molecule has 0 saturated heterocycles. The molecule has 2 aromatic heterocycles. The van der Waals surface area contributed by atoms with Gasteiger partial charge in [0, 0.05) is 17.1 Å². The first kappa shape index (κ1) is 13.5. The first-order chi connectivity index (χ1) is 8.99. The molecule has 2 heterocycles. The number of hydrazine groups is 1. The second kappa shape index (κ2) is 5.36. The highest BCUT2D eigenvalue weighted by atomic mass is 32.1. The zero-order chi connectivity index (χ0) is 13.9. The summed E-state index contributed by atoms with van der Waals surface area (Å²) in [5, 5.41) is 2.76. The maximum Gasteiger partial charge on any atom is 0.433 e. The van der Waals surface area contributed by atoms with Crippen LogP contribution in [0.5, 0.6) is 0 Å². The number of aromatic nitrogens is 3. The van der Waals surface area contributed by atoms with Gasteiger partial charge in [0.25, 0.3) is 0 Å². The zero-order valence-electron chi connectivity index (χ0n) is 9.40. The van der Waals surface area contributed by atoms with Crippen LogP contribution in [0.4, 0.5) is 24.9 Å². The van der Waals surface area contributed by atoms with E-state index in [0.717, 1.165) is 10.9 Å². The van der Waals surface area contributed by atoms with Crippen molar-refractivity contribution in [2.75, 3.05) is 10.7 Å². The minimum Gasteiger partial charge on any atom is -0.365 e. The lowest BCUT2D eigenvalue weighted by molar-refractivity contribution is -0.141. The van der Waals surface area contributed by atoms with Crippen LogP contribution in [0.25, 0.3) is 0 Å². The van der Waals surface area contributed by atoms with Crippen molar-refractivity contribution >= 4 is 23.1 Å². The number of nitrogens with two attached hydrogens (primary N) is 1. The average Bonchev–Trinajstić information content (AvgIpc) is 2.88. The van der Waals surface area contributed by atoms with Crippen LogP contribution in [-0.4, -0.2) is 15.0 Å². The van der Waals surface area contributed by atoms with Crippen LogP contribution in [-0.2, 0) is 12.7 Å². The number of anilines is 2. The van der Waals surface area contributed by atoms with Gasteiger partial charge in [0.1, 0.15) is 5.82 Å². The normalized spacial score (nSPS) is 11.4. The molecule has 0 aliphatic heterocycles. The number of nitrogens with one attached hydrogen (secondary N) is 2. The number of rotatable bonds is 4. The van der Waals surface area contributed by atoms with Crippen LogP contribution in [0.1, 0.15) is 10.6 Å². The van der Waals surface area contributed by atoms with Gasteiger partial charge >= 0.3 is 6.18 Å². The summed E-state index contributed by atoms with van der Waals surface area (Å²) in [6.45, 7) is 0.322. The second-order valence-corrected chi connectivity index (χ2v) is 4.40. The topological polar surface area (TPSA) is 88.8 Å². The molecule has 2 aromatic rings. The third-order valence-electron chi connectivity index (χ3n) is 2.07. The molecule has 2 rings (SSSR count). The van der Waals surface area contributed by atoms with E-state index in [1.807, 2.05) is 5.43 Å². The molecule has 0 spiro atoms. The van der Waals surface area contributed by atoms with Gasteiger partial charge in [-0.2, -0.15) is 18.2 Å². The van der Waals surface area contributed by atoms with Gasteiger partial charge < -0.3 is 5.32 Å². The third kappa shape index (κ3) is 3.51. The van der Waals surface area contributed by atoms with Crippen LogP contribution in [0.3, 0.4) is 0 Å². The minimum absolute atomic E-state index is 0.0312. The van der Waals surface area contributed by atoms with Gasteiger partial charge in [-0.25, -0.2) is 10.8 Å². The Balaban J connectivity index is 2.19. The molecule has 0 aliphatic carbocycles. The largest absolute Gasteiger partial charge is 0.433 e. The van der Waals surface area contributed by atoms with Crippen molar-refractivity contribution in [1.29, 1.82) is 0 Å². The smallest absolute Gasteiger partial charge is 0.365 e. The van der Waals surface area contributed by atoms with E-state index in [1.54, 1.807) is 11.7 Å². The standard InChI is InChI=1S/C9H9F3N6S/c10-9(11,12)6-1-7(17-8(16-6)18-13)15-3-5-2-14-4-19-5/h1-2,4H,3,13H2,(H2,15,16,17,18). The number of thiazole rings is 1. The fourth-order valence-electron chi connectivity index (χ4n) is 1.25. The molecule has 19 heavy (non-hydrogen) atoms. The van der Waals surface area contributed by atoms with Crippen molar-refractivity contribution < 1.29 is 13.2 Å². The summed E-state index contributed by atoms with van der Waals surface area (Å²) >= 11 is 1.38. The average molecular weight is 290 g/mol. The number of hydrogen-bond acceptors (Lipinski definition) is 7. The monoisotopic (exact) mass is 290 g/mol. The van der Waals surface area contributed by atoms with Crippen molar-refractivity contribution in [3.63, 3.8) is 0 Å². The molecule has 0 unspecified atom stereocenters. The molecule has 0 radical (unpaired) electrons. The van der Waals surface area contributed by atoms with Crippen molar-refractivity contribution in [3.05, 3.63) is 28.3 Å². The summed E-state index contributed by atoms with van der Waals surface area (Å²) in [5.74, 6) is 4.77. The summed E-state index contributed by atoms with van der Waals surface area (Å²) in [4.78, 5) is 11.8. The van der Waals surface area contributed by atoms with Gasteiger partial charge in [0.15, 0.2) is 5.69 Å². The van der Waals surface area contributed by atoms with E-state index in [2.05, 4.69) is 20.3 Å². The second-order valence-electron chi connectivity index (χ2n) is 3.43. The predicted octanol–water partition coefficient (Wildman–Crippen LogP) is 1.85.